The molecule has 262 valence electrons. The van der Waals surface area contributed by atoms with E-state index in [1.54, 1.807) is 18.2 Å². The number of aliphatic hydroxyl groups is 3. The lowest BCUT2D eigenvalue weighted by molar-refractivity contribution is -0.518. The Labute approximate surface area is 260 Å². The maximum Gasteiger partial charge on any atom is 0.495 e. The molecule has 0 aromatic heterocycles. The minimum absolute atomic E-state index is 0.103. The van der Waals surface area contributed by atoms with Crippen LogP contribution in [-0.4, -0.2) is 125 Å². The molecule has 19 heteroatoms. The Bertz CT molecular complexity index is 1060. The Balaban J connectivity index is 2.18. The lowest BCUT2D eigenvalue weighted by Crippen LogP contribution is -2.44. The fourth-order valence-electron chi connectivity index (χ4n) is 3.06. The molecule has 1 aromatic rings. The van der Waals surface area contributed by atoms with Crippen molar-refractivity contribution in [2.45, 2.75) is 49.7 Å². The highest BCUT2D eigenvalue weighted by atomic mass is 19.3. The molecule has 0 bridgehead atoms. The summed E-state index contributed by atoms with van der Waals surface area (Å²) in [5.74, 6) is 0.374. The third kappa shape index (κ3) is 21.1. The molecule has 0 aliphatic rings. The number of ether oxygens (including phenoxy) is 8. The number of benzene rings is 1. The summed E-state index contributed by atoms with van der Waals surface area (Å²) in [5, 5.41) is 37.6. The Morgan fingerprint density at radius 1 is 0.739 bits per heavy atom. The Hall–Kier alpha value is -2.82. The monoisotopic (exact) mass is 678 g/mol. The first-order valence-corrected chi connectivity index (χ1v) is 13.6. The minimum atomic E-state index is -5.47. The average molecular weight is 679 g/mol. The quantitative estimate of drug-likeness (QED) is 0.0541. The largest absolute Gasteiger partial charge is 0.495 e. The van der Waals surface area contributed by atoms with Gasteiger partial charge in [-0.1, -0.05) is 12.1 Å². The summed E-state index contributed by atoms with van der Waals surface area (Å²) in [6, 6.07) is 8.14. The summed E-state index contributed by atoms with van der Waals surface area (Å²) in [7, 11) is 0. The number of nitriles is 1. The van der Waals surface area contributed by atoms with Gasteiger partial charge in [0.15, 0.2) is 5.69 Å². The van der Waals surface area contributed by atoms with E-state index in [9.17, 15) is 41.7 Å². The van der Waals surface area contributed by atoms with Crippen molar-refractivity contribution in [1.29, 1.82) is 5.26 Å². The molecule has 13 nitrogen and oxygen atoms in total. The lowest BCUT2D eigenvalue weighted by atomic mass is 10.3. The number of unbranched alkanes of at least 4 members (excludes halogenated alkanes) is 1. The third-order valence-corrected chi connectivity index (χ3v) is 4.97. The van der Waals surface area contributed by atoms with Crippen LogP contribution in [0.1, 0.15) is 12.8 Å². The van der Waals surface area contributed by atoms with Crippen LogP contribution in [0.5, 0.6) is 5.75 Å². The minimum Gasteiger partial charge on any atom is -0.492 e. The number of hydrogen-bond acceptors (Lipinski definition) is 12. The second kappa shape index (κ2) is 21.9. The second-order valence-electron chi connectivity index (χ2n) is 9.34. The second-order valence-corrected chi connectivity index (χ2v) is 9.34. The summed E-state index contributed by atoms with van der Waals surface area (Å²) >= 11 is 0. The standard InChI is InChI=1S/C27H36F6N2O11/c1-35-20-5-4-6-24(11-20)44-17-23(38)15-42-14-21(36)13-40-9-10-41-18-25(28,29)45-27(32,33)46-26(30,31)19-43-16-22(37)12-39-8-3-2-7-34/h4-6,11,21-23,36-38H,2-3,8-10,12-19H2. The molecule has 0 aliphatic heterocycles. The Morgan fingerprint density at radius 2 is 1.26 bits per heavy atom. The molecule has 46 heavy (non-hydrogen) atoms. The first kappa shape index (κ1) is 41.2. The van der Waals surface area contributed by atoms with Crippen molar-refractivity contribution >= 4 is 5.69 Å². The molecule has 3 N–H and O–H groups in total. The normalized spacial score (nSPS) is 14.3. The Kier molecular flexibility index (Phi) is 19.6. The lowest BCUT2D eigenvalue weighted by Gasteiger charge is -2.26. The fraction of sp³-hybridized carbons (Fsp3) is 0.704. The number of halogens is 6. The molecule has 0 amide bonds. The molecule has 1 rings (SSSR count). The van der Waals surface area contributed by atoms with Gasteiger partial charge in [0.2, 0.25) is 0 Å². The van der Waals surface area contributed by atoms with Gasteiger partial charge in [0.1, 0.15) is 43.9 Å². The van der Waals surface area contributed by atoms with Gasteiger partial charge in [-0.05, 0) is 18.6 Å². The van der Waals surface area contributed by atoms with Gasteiger partial charge in [-0.2, -0.15) is 22.8 Å². The van der Waals surface area contributed by atoms with Crippen molar-refractivity contribution in [3.05, 3.63) is 35.7 Å². The van der Waals surface area contributed by atoms with Crippen molar-refractivity contribution < 1.29 is 79.6 Å². The van der Waals surface area contributed by atoms with E-state index < -0.39 is 63.3 Å². The topological polar surface area (TPSA) is 163 Å². The highest BCUT2D eigenvalue weighted by Gasteiger charge is 2.52. The smallest absolute Gasteiger partial charge is 0.492 e. The molecule has 3 atom stereocenters. The first-order chi connectivity index (χ1) is 21.7. The van der Waals surface area contributed by atoms with Gasteiger partial charge in [0.05, 0.1) is 58.9 Å². The van der Waals surface area contributed by atoms with Gasteiger partial charge >= 0.3 is 18.5 Å². The van der Waals surface area contributed by atoms with E-state index in [1.165, 1.54) is 6.07 Å². The van der Waals surface area contributed by atoms with Crippen molar-refractivity contribution in [2.24, 2.45) is 0 Å². The van der Waals surface area contributed by atoms with Crippen LogP contribution in [0, 0.1) is 17.9 Å². The van der Waals surface area contributed by atoms with Gasteiger partial charge in [0.25, 0.3) is 0 Å². The van der Waals surface area contributed by atoms with E-state index in [0.29, 0.717) is 17.9 Å². The van der Waals surface area contributed by atoms with E-state index in [-0.39, 0.29) is 52.7 Å². The van der Waals surface area contributed by atoms with Crippen molar-refractivity contribution in [2.75, 3.05) is 72.7 Å². The third-order valence-electron chi connectivity index (χ3n) is 4.97. The van der Waals surface area contributed by atoms with Crippen LogP contribution in [0.3, 0.4) is 0 Å². The van der Waals surface area contributed by atoms with E-state index in [2.05, 4.69) is 23.8 Å². The number of alkyl halides is 6. The number of hydrogen-bond donors (Lipinski definition) is 3. The Morgan fingerprint density at radius 3 is 1.87 bits per heavy atom. The van der Waals surface area contributed by atoms with Crippen LogP contribution in [-0.2, 0) is 33.2 Å². The SMILES string of the molecule is [C-]#[N+]c1cccc(OCC(O)COCC(O)COCCOCC(F)(F)OC(F)(F)OC(F)(F)COCC(O)COCCCC#N)c1. The predicted molar refractivity (Wildman–Crippen MR) is 142 cm³/mol. The maximum atomic E-state index is 13.7. The average Bonchev–Trinajstić information content (AvgIpc) is 2.96. The zero-order chi connectivity index (χ0) is 34.5. The van der Waals surface area contributed by atoms with Crippen LogP contribution in [0.25, 0.3) is 4.85 Å². The van der Waals surface area contributed by atoms with Gasteiger partial charge in [-0.25, -0.2) is 14.3 Å². The molecule has 0 heterocycles. The molecule has 0 radical (unpaired) electrons. The zero-order valence-electron chi connectivity index (χ0n) is 24.5. The summed E-state index contributed by atoms with van der Waals surface area (Å²) < 4.78 is 117. The number of nitrogens with zero attached hydrogens (tertiary/aromatic N) is 2. The van der Waals surface area contributed by atoms with Crippen LogP contribution in [0.15, 0.2) is 24.3 Å². The first-order valence-electron chi connectivity index (χ1n) is 13.6. The zero-order valence-corrected chi connectivity index (χ0v) is 24.5. The summed E-state index contributed by atoms with van der Waals surface area (Å²) in [6.45, 7) is 0.354. The van der Waals surface area contributed by atoms with Crippen molar-refractivity contribution in [1.82, 2.24) is 0 Å². The summed E-state index contributed by atoms with van der Waals surface area (Å²) in [5.41, 5.74) is 0.360. The van der Waals surface area contributed by atoms with Gasteiger partial charge < -0.3 is 43.7 Å². The molecular formula is C27H36F6N2O11. The number of rotatable bonds is 27. The van der Waals surface area contributed by atoms with E-state index in [0.717, 1.165) is 0 Å². The molecule has 1 aromatic carbocycles. The highest BCUT2D eigenvalue weighted by Crippen LogP contribution is 2.33. The summed E-state index contributed by atoms with van der Waals surface area (Å²) in [4.78, 5) is 3.25. The van der Waals surface area contributed by atoms with Gasteiger partial charge in [0, 0.05) is 13.0 Å². The highest BCUT2D eigenvalue weighted by molar-refractivity contribution is 5.48. The van der Waals surface area contributed by atoms with Crippen LogP contribution in [0.2, 0.25) is 0 Å². The van der Waals surface area contributed by atoms with E-state index >= 15 is 0 Å². The van der Waals surface area contributed by atoms with Crippen molar-refractivity contribution in [3.63, 3.8) is 0 Å². The van der Waals surface area contributed by atoms with Gasteiger partial charge in [-0.3, -0.25) is 0 Å². The molecule has 0 spiro atoms. The number of aliphatic hydroxyl groups excluding tert-OH is 3. The van der Waals surface area contributed by atoms with E-state index in [4.69, 9.17) is 30.8 Å². The van der Waals surface area contributed by atoms with Gasteiger partial charge in [-0.15, -0.1) is 8.78 Å². The maximum absolute atomic E-state index is 13.7. The molecule has 3 unspecified atom stereocenters. The van der Waals surface area contributed by atoms with Crippen LogP contribution < -0.4 is 4.74 Å². The fourth-order valence-corrected chi connectivity index (χ4v) is 3.06. The molecule has 0 fully saturated rings. The molecule has 0 saturated heterocycles. The molecule has 0 aliphatic carbocycles. The van der Waals surface area contributed by atoms with Crippen molar-refractivity contribution in [3.8, 4) is 11.8 Å². The summed E-state index contributed by atoms with van der Waals surface area (Å²) in [6.07, 6.45) is -18.1. The van der Waals surface area contributed by atoms with E-state index in [1.807, 2.05) is 6.07 Å². The molecular weight excluding hydrogens is 642 g/mol. The predicted octanol–water partition coefficient (Wildman–Crippen LogP) is 2.85. The van der Waals surface area contributed by atoms with Crippen LogP contribution in [0.4, 0.5) is 32.0 Å². The molecule has 0 saturated carbocycles. The van der Waals surface area contributed by atoms with Crippen LogP contribution >= 0.6 is 0 Å².